The third-order valence-corrected chi connectivity index (χ3v) is 6.31. The van der Waals surface area contributed by atoms with E-state index in [1.807, 2.05) is 4.90 Å². The van der Waals surface area contributed by atoms with Gasteiger partial charge in [-0.05, 0) is 37.9 Å². The van der Waals surface area contributed by atoms with Crippen molar-refractivity contribution in [2.24, 2.45) is 0 Å². The summed E-state index contributed by atoms with van der Waals surface area (Å²) in [6.45, 7) is 3.72. The Morgan fingerprint density at radius 3 is 2.74 bits per heavy atom. The van der Waals surface area contributed by atoms with E-state index in [9.17, 15) is 4.79 Å². The summed E-state index contributed by atoms with van der Waals surface area (Å²) in [6, 6.07) is 8.59. The molecule has 146 valence electrons. The van der Waals surface area contributed by atoms with E-state index in [1.54, 1.807) is 7.11 Å². The van der Waals surface area contributed by atoms with Crippen LogP contribution in [0.2, 0.25) is 0 Å². The van der Waals surface area contributed by atoms with Gasteiger partial charge >= 0.3 is 0 Å². The zero-order valence-corrected chi connectivity index (χ0v) is 16.3. The van der Waals surface area contributed by atoms with Gasteiger partial charge in [0.05, 0.1) is 18.8 Å². The van der Waals surface area contributed by atoms with Crippen molar-refractivity contribution in [3.8, 4) is 0 Å². The molecule has 0 atom stereocenters. The van der Waals surface area contributed by atoms with Crippen molar-refractivity contribution in [3.63, 3.8) is 0 Å². The van der Waals surface area contributed by atoms with Crippen molar-refractivity contribution in [2.45, 2.75) is 24.8 Å². The lowest BCUT2D eigenvalue weighted by molar-refractivity contribution is -0.139. The molecule has 1 N–H and O–H groups in total. The van der Waals surface area contributed by atoms with E-state index in [0.29, 0.717) is 13.2 Å². The molecule has 4 rings (SSSR count). The van der Waals surface area contributed by atoms with Gasteiger partial charge in [-0.15, -0.1) is 0 Å². The summed E-state index contributed by atoms with van der Waals surface area (Å²) in [5.74, 6) is 0.0799. The highest BCUT2D eigenvalue weighted by Gasteiger charge is 2.45. The average molecular weight is 371 g/mol. The molecule has 6 nitrogen and oxygen atoms in total. The number of ether oxygens (including phenoxy) is 2. The number of nitrogens with one attached hydrogen (secondary N) is 1. The number of fused-ring (bicyclic) bond motifs is 4. The summed E-state index contributed by atoms with van der Waals surface area (Å²) in [5.41, 5.74) is 4.05. The van der Waals surface area contributed by atoms with Gasteiger partial charge < -0.3 is 19.4 Å². The molecule has 1 saturated heterocycles. The molecule has 2 aliphatic rings. The number of hydrogen-bond donors (Lipinski definition) is 1. The van der Waals surface area contributed by atoms with E-state index >= 15 is 0 Å². The number of rotatable bonds is 5. The maximum Gasteiger partial charge on any atom is 0.248 e. The summed E-state index contributed by atoms with van der Waals surface area (Å²) in [7, 11) is 3.86. The highest BCUT2D eigenvalue weighted by Crippen LogP contribution is 2.44. The van der Waals surface area contributed by atoms with Gasteiger partial charge in [-0.3, -0.25) is 9.69 Å². The van der Waals surface area contributed by atoms with Crippen LogP contribution in [0.3, 0.4) is 0 Å². The number of carbonyl (C=O) groups excluding carboxylic acids is 1. The molecule has 0 aliphatic carbocycles. The Hall–Kier alpha value is -1.89. The summed E-state index contributed by atoms with van der Waals surface area (Å²) >= 11 is 0. The van der Waals surface area contributed by atoms with E-state index in [1.165, 1.54) is 22.2 Å². The van der Waals surface area contributed by atoms with Crippen molar-refractivity contribution in [1.29, 1.82) is 0 Å². The molecule has 3 heterocycles. The Morgan fingerprint density at radius 1 is 1.19 bits per heavy atom. The van der Waals surface area contributed by atoms with Crippen molar-refractivity contribution in [1.82, 2.24) is 14.8 Å². The number of amides is 1. The molecular weight excluding hydrogens is 342 g/mol. The van der Waals surface area contributed by atoms with Gasteiger partial charge in [0.2, 0.25) is 5.91 Å². The van der Waals surface area contributed by atoms with Crippen molar-refractivity contribution < 1.29 is 14.3 Å². The van der Waals surface area contributed by atoms with Gasteiger partial charge in [-0.2, -0.15) is 0 Å². The molecule has 2 aromatic rings. The van der Waals surface area contributed by atoms with E-state index < -0.39 is 0 Å². The number of likely N-dealkylation sites (N-methyl/N-ethyl adjacent to an activating group) is 1. The maximum absolute atomic E-state index is 12.4. The maximum atomic E-state index is 12.4. The number of likely N-dealkylation sites (tertiary alicyclic amines) is 1. The Kier molecular flexibility index (Phi) is 5.21. The first-order chi connectivity index (χ1) is 13.2. The molecule has 1 aromatic carbocycles. The number of aromatic nitrogens is 1. The third kappa shape index (κ3) is 3.26. The van der Waals surface area contributed by atoms with E-state index in [0.717, 1.165) is 38.9 Å². The van der Waals surface area contributed by atoms with Gasteiger partial charge in [0, 0.05) is 43.3 Å². The van der Waals surface area contributed by atoms with Crippen LogP contribution in [0.25, 0.3) is 10.9 Å². The second-order valence-electron chi connectivity index (χ2n) is 7.65. The number of H-pyrrole nitrogens is 1. The van der Waals surface area contributed by atoms with Crippen molar-refractivity contribution in [2.75, 3.05) is 53.6 Å². The fourth-order valence-corrected chi connectivity index (χ4v) is 4.69. The average Bonchev–Trinajstić information content (AvgIpc) is 3.08. The molecule has 27 heavy (non-hydrogen) atoms. The van der Waals surface area contributed by atoms with Gasteiger partial charge in [-0.1, -0.05) is 18.2 Å². The third-order valence-electron chi connectivity index (χ3n) is 6.31. The minimum absolute atomic E-state index is 0.000289. The molecule has 0 saturated carbocycles. The van der Waals surface area contributed by atoms with E-state index in [2.05, 4.69) is 41.2 Å². The molecule has 1 amide bonds. The Labute approximate surface area is 160 Å². The normalized spacial score (nSPS) is 19.6. The number of methoxy groups -OCH3 is 1. The summed E-state index contributed by atoms with van der Waals surface area (Å²) < 4.78 is 10.4. The Bertz CT molecular complexity index is 808. The van der Waals surface area contributed by atoms with Crippen LogP contribution in [0, 0.1) is 0 Å². The molecule has 1 spiro atoms. The SMILES string of the molecule is COCCOCC(=O)N1CCC2(CC1)c1[nH]c3ccccc3c1CCN2C. The monoisotopic (exact) mass is 371 g/mol. The molecule has 0 bridgehead atoms. The van der Waals surface area contributed by atoms with E-state index in [4.69, 9.17) is 9.47 Å². The second kappa shape index (κ2) is 7.62. The summed E-state index contributed by atoms with van der Waals surface area (Å²) in [4.78, 5) is 20.6. The van der Waals surface area contributed by atoms with Crippen LogP contribution in [0.4, 0.5) is 0 Å². The Balaban J connectivity index is 1.50. The first-order valence-electron chi connectivity index (χ1n) is 9.81. The molecule has 1 aromatic heterocycles. The number of aromatic amines is 1. The topological polar surface area (TPSA) is 57.8 Å². The lowest BCUT2D eigenvalue weighted by Crippen LogP contribution is -2.56. The molecule has 0 radical (unpaired) electrons. The van der Waals surface area contributed by atoms with Crippen LogP contribution in [0.5, 0.6) is 0 Å². The van der Waals surface area contributed by atoms with Gasteiger partial charge in [0.25, 0.3) is 0 Å². The molecular formula is C21H29N3O3. The van der Waals surface area contributed by atoms with Crippen LogP contribution in [0.1, 0.15) is 24.1 Å². The van der Waals surface area contributed by atoms with Gasteiger partial charge in [0.15, 0.2) is 0 Å². The number of benzene rings is 1. The quantitative estimate of drug-likeness (QED) is 0.818. The zero-order valence-electron chi connectivity index (χ0n) is 16.3. The van der Waals surface area contributed by atoms with Gasteiger partial charge in [-0.25, -0.2) is 0 Å². The number of para-hydroxylation sites is 1. The van der Waals surface area contributed by atoms with Crippen molar-refractivity contribution in [3.05, 3.63) is 35.5 Å². The van der Waals surface area contributed by atoms with Crippen molar-refractivity contribution >= 4 is 16.8 Å². The fraction of sp³-hybridized carbons (Fsp3) is 0.571. The largest absolute Gasteiger partial charge is 0.382 e. The lowest BCUT2D eigenvalue weighted by Gasteiger charge is -2.49. The van der Waals surface area contributed by atoms with Crippen LogP contribution in [-0.4, -0.2) is 74.3 Å². The number of carbonyl (C=O) groups is 1. The van der Waals surface area contributed by atoms with Crippen LogP contribution in [-0.2, 0) is 26.2 Å². The highest BCUT2D eigenvalue weighted by atomic mass is 16.5. The minimum Gasteiger partial charge on any atom is -0.382 e. The molecule has 0 unspecified atom stereocenters. The minimum atomic E-state index is 0.000289. The Morgan fingerprint density at radius 2 is 1.96 bits per heavy atom. The number of nitrogens with zero attached hydrogens (tertiary/aromatic N) is 2. The predicted octanol–water partition coefficient (Wildman–Crippen LogP) is 2.14. The molecule has 6 heteroatoms. The molecule has 2 aliphatic heterocycles. The number of piperidine rings is 1. The van der Waals surface area contributed by atoms with Crippen LogP contribution in [0.15, 0.2) is 24.3 Å². The van der Waals surface area contributed by atoms with E-state index in [-0.39, 0.29) is 18.1 Å². The zero-order chi connectivity index (χ0) is 18.9. The highest BCUT2D eigenvalue weighted by molar-refractivity contribution is 5.85. The summed E-state index contributed by atoms with van der Waals surface area (Å²) in [5, 5.41) is 1.35. The standard InChI is InChI=1S/C21H29N3O3/c1-23-10-7-17-16-5-3-4-6-18(16)22-20(17)21(23)8-11-24(12-9-21)19(25)15-27-14-13-26-2/h3-6,22H,7-15H2,1-2H3. The second-order valence-corrected chi connectivity index (χ2v) is 7.65. The van der Waals surface area contributed by atoms with Crippen LogP contribution < -0.4 is 0 Å². The summed E-state index contributed by atoms with van der Waals surface area (Å²) in [6.07, 6.45) is 2.98. The fourth-order valence-electron chi connectivity index (χ4n) is 4.69. The van der Waals surface area contributed by atoms with Gasteiger partial charge in [0.1, 0.15) is 6.61 Å². The predicted molar refractivity (Wildman–Crippen MR) is 105 cm³/mol. The first-order valence-corrected chi connectivity index (χ1v) is 9.81. The lowest BCUT2D eigenvalue weighted by atomic mass is 9.78. The smallest absolute Gasteiger partial charge is 0.248 e. The first kappa shape index (κ1) is 18.5. The molecule has 1 fully saturated rings. The van der Waals surface area contributed by atoms with Crippen LogP contribution >= 0.6 is 0 Å². The number of hydrogen-bond acceptors (Lipinski definition) is 4.